The molecule has 0 aromatic carbocycles. The summed E-state index contributed by atoms with van der Waals surface area (Å²) >= 11 is 3.72. The third kappa shape index (κ3) is 5.64. The Bertz CT molecular complexity index is 1220. The van der Waals surface area contributed by atoms with Crippen LogP contribution in [0.2, 0.25) is 0 Å². The molecule has 3 aromatic heterocycles. The van der Waals surface area contributed by atoms with E-state index in [1.54, 1.807) is 0 Å². The number of aromatic nitrogens is 3. The molecule has 2 fully saturated rings. The number of nitrogens with zero attached hydrogens (tertiary/aromatic N) is 4. The molecule has 3 aromatic rings. The van der Waals surface area contributed by atoms with Gasteiger partial charge in [0.1, 0.15) is 11.6 Å². The first-order valence-corrected chi connectivity index (χ1v) is 14.0. The average molecular weight is 552 g/mol. The van der Waals surface area contributed by atoms with Crippen LogP contribution in [-0.4, -0.2) is 46.0 Å². The number of rotatable bonds is 6. The first-order chi connectivity index (χ1) is 17.5. The second kappa shape index (κ2) is 11.1. The van der Waals surface area contributed by atoms with Crippen LogP contribution in [0.3, 0.4) is 0 Å². The van der Waals surface area contributed by atoms with Crippen LogP contribution in [0.5, 0.6) is 0 Å². The van der Waals surface area contributed by atoms with E-state index in [1.807, 2.05) is 38.5 Å². The number of halogens is 1. The van der Waals surface area contributed by atoms with Crippen molar-refractivity contribution in [3.63, 3.8) is 0 Å². The van der Waals surface area contributed by atoms with Crippen molar-refractivity contribution >= 4 is 44.2 Å². The maximum atomic E-state index is 12.5. The first-order valence-electron chi connectivity index (χ1n) is 13.2. The summed E-state index contributed by atoms with van der Waals surface area (Å²) in [5.74, 6) is 2.08. The maximum absolute atomic E-state index is 12.5. The first kappa shape index (κ1) is 24.9. The molecule has 0 radical (unpaired) electrons. The van der Waals surface area contributed by atoms with Crippen molar-refractivity contribution in [1.82, 2.24) is 20.3 Å². The fourth-order valence-corrected chi connectivity index (χ4v) is 5.80. The molecule has 0 spiro atoms. The Morgan fingerprint density at radius 1 is 1.08 bits per heavy atom. The van der Waals surface area contributed by atoms with Gasteiger partial charge in [-0.05, 0) is 73.7 Å². The predicted molar refractivity (Wildman–Crippen MR) is 149 cm³/mol. The molecule has 2 aliphatic rings. The van der Waals surface area contributed by atoms with E-state index in [2.05, 4.69) is 53.6 Å². The molecule has 5 rings (SSSR count). The standard InChI is InChI=1S/C28H35BrN6O/c1-18(2)32-28(36)19-9-12-35(13-10-19)27-22-8-11-30-16-20(22)14-25(34-27)23-15-26(31-17-24(23)29)33-21-6-4-3-5-7-21/h8,11,14-19,21H,3-7,9-10,12-13H2,1-2H3,(H,31,33)(H,32,36). The fraction of sp³-hybridized carbons (Fsp3) is 0.500. The summed E-state index contributed by atoms with van der Waals surface area (Å²) in [5.41, 5.74) is 1.91. The minimum absolute atomic E-state index is 0.0579. The molecule has 4 heterocycles. The Morgan fingerprint density at radius 3 is 2.61 bits per heavy atom. The minimum atomic E-state index is 0.0579. The lowest BCUT2D eigenvalue weighted by Gasteiger charge is -2.33. The number of hydrogen-bond acceptors (Lipinski definition) is 6. The van der Waals surface area contributed by atoms with E-state index in [9.17, 15) is 4.79 Å². The second-order valence-corrected chi connectivity index (χ2v) is 11.2. The summed E-state index contributed by atoms with van der Waals surface area (Å²) in [7, 11) is 0. The monoisotopic (exact) mass is 550 g/mol. The molecule has 1 saturated carbocycles. The molecule has 1 amide bonds. The molecular formula is C28H35BrN6O. The van der Waals surface area contributed by atoms with Gasteiger partial charge in [0.15, 0.2) is 0 Å². The molecule has 8 heteroatoms. The lowest BCUT2D eigenvalue weighted by atomic mass is 9.95. The van der Waals surface area contributed by atoms with Gasteiger partial charge in [0.2, 0.25) is 5.91 Å². The van der Waals surface area contributed by atoms with Crippen LogP contribution in [-0.2, 0) is 4.79 Å². The van der Waals surface area contributed by atoms with Gasteiger partial charge in [-0.2, -0.15) is 0 Å². The van der Waals surface area contributed by atoms with Gasteiger partial charge >= 0.3 is 0 Å². The molecule has 1 aliphatic carbocycles. The topological polar surface area (TPSA) is 83.0 Å². The largest absolute Gasteiger partial charge is 0.367 e. The van der Waals surface area contributed by atoms with Crippen molar-refractivity contribution in [1.29, 1.82) is 0 Å². The second-order valence-electron chi connectivity index (χ2n) is 10.4. The van der Waals surface area contributed by atoms with E-state index in [0.29, 0.717) is 6.04 Å². The third-order valence-electron chi connectivity index (χ3n) is 7.30. The number of carbonyl (C=O) groups is 1. The van der Waals surface area contributed by atoms with Gasteiger partial charge in [-0.25, -0.2) is 9.97 Å². The number of hydrogen-bond donors (Lipinski definition) is 2. The molecule has 0 bridgehead atoms. The zero-order chi connectivity index (χ0) is 25.1. The van der Waals surface area contributed by atoms with Gasteiger partial charge in [0, 0.05) is 70.5 Å². The Labute approximate surface area is 221 Å². The van der Waals surface area contributed by atoms with Crippen LogP contribution >= 0.6 is 15.9 Å². The van der Waals surface area contributed by atoms with Crippen LogP contribution < -0.4 is 15.5 Å². The summed E-state index contributed by atoms with van der Waals surface area (Å²) in [4.78, 5) is 29.0. The van der Waals surface area contributed by atoms with E-state index in [4.69, 9.17) is 4.98 Å². The van der Waals surface area contributed by atoms with Gasteiger partial charge < -0.3 is 15.5 Å². The van der Waals surface area contributed by atoms with Crippen molar-refractivity contribution in [3.05, 3.63) is 41.3 Å². The van der Waals surface area contributed by atoms with E-state index in [1.165, 1.54) is 32.1 Å². The number of amides is 1. The summed E-state index contributed by atoms with van der Waals surface area (Å²) in [6.45, 7) is 5.62. The van der Waals surface area contributed by atoms with Crippen LogP contribution in [0.25, 0.3) is 22.0 Å². The molecule has 1 aliphatic heterocycles. The van der Waals surface area contributed by atoms with Crippen LogP contribution in [0.4, 0.5) is 11.6 Å². The van der Waals surface area contributed by atoms with Crippen molar-refractivity contribution in [2.24, 2.45) is 5.92 Å². The van der Waals surface area contributed by atoms with E-state index in [-0.39, 0.29) is 17.9 Å². The van der Waals surface area contributed by atoms with Crippen LogP contribution in [0, 0.1) is 5.92 Å². The summed E-state index contributed by atoms with van der Waals surface area (Å²) in [6, 6.07) is 6.91. The third-order valence-corrected chi connectivity index (χ3v) is 7.93. The van der Waals surface area contributed by atoms with E-state index >= 15 is 0 Å². The van der Waals surface area contributed by atoms with Gasteiger partial charge in [-0.1, -0.05) is 19.3 Å². The highest BCUT2D eigenvalue weighted by Gasteiger charge is 2.27. The number of anilines is 2. The van der Waals surface area contributed by atoms with Gasteiger partial charge in [-0.15, -0.1) is 0 Å². The molecule has 1 saturated heterocycles. The SMILES string of the molecule is CC(C)NC(=O)C1CCN(c2nc(-c3cc(NC4CCCCC4)ncc3Br)cc3cnccc23)CC1. The Hall–Kier alpha value is -2.74. The number of carbonyl (C=O) groups excluding carboxylic acids is 1. The lowest BCUT2D eigenvalue weighted by molar-refractivity contribution is -0.126. The smallest absolute Gasteiger partial charge is 0.223 e. The number of pyridine rings is 3. The number of nitrogens with one attached hydrogen (secondary N) is 2. The zero-order valence-corrected chi connectivity index (χ0v) is 22.7. The quantitative estimate of drug-likeness (QED) is 0.395. The highest BCUT2D eigenvalue weighted by molar-refractivity contribution is 9.10. The average Bonchev–Trinajstić information content (AvgIpc) is 2.89. The molecule has 36 heavy (non-hydrogen) atoms. The molecular weight excluding hydrogens is 516 g/mol. The number of piperidine rings is 1. The summed E-state index contributed by atoms with van der Waals surface area (Å²) in [6.07, 6.45) is 13.5. The summed E-state index contributed by atoms with van der Waals surface area (Å²) < 4.78 is 0.919. The molecule has 7 nitrogen and oxygen atoms in total. The zero-order valence-electron chi connectivity index (χ0n) is 21.1. The summed E-state index contributed by atoms with van der Waals surface area (Å²) in [5, 5.41) is 8.86. The van der Waals surface area contributed by atoms with Crippen molar-refractivity contribution in [2.75, 3.05) is 23.3 Å². The predicted octanol–water partition coefficient (Wildman–Crippen LogP) is 5.94. The van der Waals surface area contributed by atoms with Crippen molar-refractivity contribution in [2.45, 2.75) is 70.9 Å². The molecule has 190 valence electrons. The van der Waals surface area contributed by atoms with Gasteiger partial charge in [-0.3, -0.25) is 9.78 Å². The van der Waals surface area contributed by atoms with Gasteiger partial charge in [0.05, 0.1) is 5.69 Å². The fourth-order valence-electron chi connectivity index (χ4n) is 5.38. The molecule has 0 unspecified atom stereocenters. The van der Waals surface area contributed by atoms with Crippen molar-refractivity contribution < 1.29 is 4.79 Å². The van der Waals surface area contributed by atoms with E-state index in [0.717, 1.165) is 64.1 Å². The Balaban J connectivity index is 1.43. The highest BCUT2D eigenvalue weighted by atomic mass is 79.9. The lowest BCUT2D eigenvalue weighted by Crippen LogP contribution is -2.42. The Morgan fingerprint density at radius 2 is 1.86 bits per heavy atom. The maximum Gasteiger partial charge on any atom is 0.223 e. The molecule has 0 atom stereocenters. The van der Waals surface area contributed by atoms with Crippen LogP contribution in [0.15, 0.2) is 41.3 Å². The normalized spacial score (nSPS) is 17.5. The molecule has 2 N–H and O–H groups in total. The number of fused-ring (bicyclic) bond motifs is 1. The highest BCUT2D eigenvalue weighted by Crippen LogP contribution is 2.35. The van der Waals surface area contributed by atoms with E-state index < -0.39 is 0 Å². The van der Waals surface area contributed by atoms with Gasteiger partial charge in [0.25, 0.3) is 0 Å². The minimum Gasteiger partial charge on any atom is -0.367 e. The Kier molecular flexibility index (Phi) is 7.70. The van der Waals surface area contributed by atoms with Crippen molar-refractivity contribution in [3.8, 4) is 11.3 Å². The van der Waals surface area contributed by atoms with Crippen LogP contribution in [0.1, 0.15) is 58.8 Å².